The van der Waals surface area contributed by atoms with Crippen LogP contribution in [0.4, 0.5) is 11.4 Å². The summed E-state index contributed by atoms with van der Waals surface area (Å²) in [6.45, 7) is 6.53. The van der Waals surface area contributed by atoms with E-state index in [1.807, 2.05) is 51.5 Å². The van der Waals surface area contributed by atoms with E-state index >= 15 is 0 Å². The second kappa shape index (κ2) is 11.7. The lowest BCUT2D eigenvalue weighted by molar-refractivity contribution is 0.126. The zero-order valence-electron chi connectivity index (χ0n) is 20.4. The Balaban J connectivity index is 1.41. The highest BCUT2D eigenvalue weighted by atomic mass is 79.9. The van der Waals surface area contributed by atoms with Crippen molar-refractivity contribution in [2.24, 2.45) is 0 Å². The molecule has 5 rings (SSSR count). The van der Waals surface area contributed by atoms with E-state index in [1.54, 1.807) is 13.2 Å². The number of phenolic OH excluding ortho intramolecular Hbond substituents is 1. The minimum absolute atomic E-state index is 0.306. The Bertz CT molecular complexity index is 1410. The van der Waals surface area contributed by atoms with Gasteiger partial charge in [-0.3, -0.25) is 9.80 Å². The Morgan fingerprint density at radius 3 is 2.51 bits per heavy atom. The number of phenols is 1. The third kappa shape index (κ3) is 6.30. The molecule has 4 aromatic rings. The highest BCUT2D eigenvalue weighted by Crippen LogP contribution is 2.37. The van der Waals surface area contributed by atoms with Crippen LogP contribution >= 0.6 is 43.9 Å². The standard InChI is InChI=1S/C27H28Br2ClN5O2/c1-37-21-4-6-24-23(16-21)27(22-5-2-19(30)15-25(22)32-24)31-20-3-7-26(36)18(14-20)17-34-10-8-33(9-11-34)12-13-35(28)29/h2-7,14-16,36H,8-13,17H2,1H3,(H,31,32). The first-order valence-corrected chi connectivity index (χ1v) is 13.9. The van der Waals surface area contributed by atoms with Crippen LogP contribution in [-0.4, -0.2) is 69.2 Å². The van der Waals surface area contributed by atoms with Crippen LogP contribution in [0.2, 0.25) is 5.02 Å². The number of aromatic nitrogens is 1. The smallest absolute Gasteiger partial charge is 0.120 e. The van der Waals surface area contributed by atoms with E-state index in [0.29, 0.717) is 17.3 Å². The number of fused-ring (bicyclic) bond motifs is 2. The van der Waals surface area contributed by atoms with Gasteiger partial charge in [0, 0.05) is 105 Å². The lowest BCUT2D eigenvalue weighted by Crippen LogP contribution is -2.47. The highest BCUT2D eigenvalue weighted by Gasteiger charge is 2.19. The second-order valence-electron chi connectivity index (χ2n) is 9.14. The van der Waals surface area contributed by atoms with Crippen molar-refractivity contribution in [3.05, 3.63) is 65.2 Å². The summed E-state index contributed by atoms with van der Waals surface area (Å²) in [7, 11) is 1.66. The van der Waals surface area contributed by atoms with Gasteiger partial charge >= 0.3 is 0 Å². The number of halogens is 3. The lowest BCUT2D eigenvalue weighted by atomic mass is 10.1. The Kier molecular flexibility index (Phi) is 8.38. The summed E-state index contributed by atoms with van der Waals surface area (Å²) in [5, 5.41) is 16.8. The molecule has 2 N–H and O–H groups in total. The molecule has 0 spiro atoms. The molecule has 1 aliphatic rings. The van der Waals surface area contributed by atoms with Gasteiger partial charge in [0.25, 0.3) is 0 Å². The van der Waals surface area contributed by atoms with E-state index < -0.39 is 0 Å². The number of nitrogens with zero attached hydrogens (tertiary/aromatic N) is 4. The topological polar surface area (TPSA) is 64.1 Å². The predicted molar refractivity (Wildman–Crippen MR) is 158 cm³/mol. The first-order valence-electron chi connectivity index (χ1n) is 12.1. The molecular formula is C27H28Br2ClN5O2. The Morgan fingerprint density at radius 2 is 1.76 bits per heavy atom. The third-order valence-corrected chi connectivity index (χ3v) is 7.68. The molecule has 10 heteroatoms. The van der Waals surface area contributed by atoms with Crippen molar-refractivity contribution in [2.75, 3.05) is 51.7 Å². The molecule has 1 aromatic heterocycles. The van der Waals surface area contributed by atoms with E-state index in [4.69, 9.17) is 21.3 Å². The van der Waals surface area contributed by atoms with Crippen molar-refractivity contribution in [1.82, 2.24) is 17.7 Å². The normalized spacial score (nSPS) is 15.1. The van der Waals surface area contributed by atoms with Crippen molar-refractivity contribution in [3.63, 3.8) is 0 Å². The van der Waals surface area contributed by atoms with Crippen LogP contribution in [0, 0.1) is 0 Å². The number of piperazine rings is 1. The number of hydrogen-bond acceptors (Lipinski definition) is 7. The summed E-state index contributed by atoms with van der Waals surface area (Å²) >= 11 is 13.1. The third-order valence-electron chi connectivity index (χ3n) is 6.74. The summed E-state index contributed by atoms with van der Waals surface area (Å²) in [4.78, 5) is 9.65. The molecule has 0 amide bonds. The van der Waals surface area contributed by atoms with Gasteiger partial charge in [-0.15, -0.1) is 0 Å². The van der Waals surface area contributed by atoms with Crippen LogP contribution in [0.25, 0.3) is 21.8 Å². The first kappa shape index (κ1) is 26.5. The number of aromatic hydroxyl groups is 1. The fraction of sp³-hybridized carbons (Fsp3) is 0.296. The molecular weight excluding hydrogens is 622 g/mol. The monoisotopic (exact) mass is 647 g/mol. The fourth-order valence-corrected chi connectivity index (χ4v) is 5.20. The van der Waals surface area contributed by atoms with Crippen molar-refractivity contribution in [3.8, 4) is 11.5 Å². The average molecular weight is 650 g/mol. The van der Waals surface area contributed by atoms with E-state index in [2.05, 4.69) is 47.4 Å². The summed E-state index contributed by atoms with van der Waals surface area (Å²) in [6.07, 6.45) is 0. The molecule has 194 valence electrons. The number of benzene rings is 3. The van der Waals surface area contributed by atoms with Crippen molar-refractivity contribution < 1.29 is 9.84 Å². The molecule has 1 fully saturated rings. The summed E-state index contributed by atoms with van der Waals surface area (Å²) in [5.74, 6) is 1.07. The van der Waals surface area contributed by atoms with Crippen LogP contribution in [0.5, 0.6) is 11.5 Å². The van der Waals surface area contributed by atoms with Crippen LogP contribution in [0.15, 0.2) is 54.6 Å². The van der Waals surface area contributed by atoms with Crippen molar-refractivity contribution in [1.29, 1.82) is 0 Å². The van der Waals surface area contributed by atoms with Gasteiger partial charge in [0.1, 0.15) is 11.5 Å². The van der Waals surface area contributed by atoms with Crippen LogP contribution in [-0.2, 0) is 6.54 Å². The Morgan fingerprint density at radius 1 is 0.973 bits per heavy atom. The molecule has 37 heavy (non-hydrogen) atoms. The minimum Gasteiger partial charge on any atom is -0.508 e. The first-order chi connectivity index (χ1) is 17.9. The zero-order valence-corrected chi connectivity index (χ0v) is 24.4. The summed E-state index contributed by atoms with van der Waals surface area (Å²) in [5.41, 5.74) is 4.38. The number of nitrogens with one attached hydrogen (secondary N) is 1. The Hall–Kier alpha value is -2.14. The molecule has 0 bridgehead atoms. The van der Waals surface area contributed by atoms with Gasteiger partial charge in [-0.05, 0) is 54.6 Å². The average Bonchev–Trinajstić information content (AvgIpc) is 2.89. The molecule has 1 aliphatic heterocycles. The van der Waals surface area contributed by atoms with Gasteiger partial charge in [0.2, 0.25) is 0 Å². The minimum atomic E-state index is 0.306. The maximum Gasteiger partial charge on any atom is 0.120 e. The number of anilines is 2. The van der Waals surface area contributed by atoms with Gasteiger partial charge < -0.3 is 15.2 Å². The Labute approximate surface area is 238 Å². The van der Waals surface area contributed by atoms with E-state index in [9.17, 15) is 5.11 Å². The van der Waals surface area contributed by atoms with Gasteiger partial charge in [-0.1, -0.05) is 11.6 Å². The van der Waals surface area contributed by atoms with Gasteiger partial charge in [-0.2, -0.15) is 2.95 Å². The van der Waals surface area contributed by atoms with E-state index in [-0.39, 0.29) is 0 Å². The zero-order chi connectivity index (χ0) is 25.9. The maximum absolute atomic E-state index is 10.6. The molecule has 0 atom stereocenters. The molecule has 7 nitrogen and oxygen atoms in total. The molecule has 2 heterocycles. The van der Waals surface area contributed by atoms with E-state index in [1.165, 1.54) is 0 Å². The number of ether oxygens (including phenoxy) is 1. The van der Waals surface area contributed by atoms with Gasteiger partial charge in [0.05, 0.1) is 23.8 Å². The SMILES string of the molecule is COc1ccc2nc3cc(Cl)ccc3c(Nc3ccc(O)c(CN4CCN(CCN(Br)Br)CC4)c3)c2c1. The van der Waals surface area contributed by atoms with Crippen molar-refractivity contribution in [2.45, 2.75) is 6.54 Å². The molecule has 3 aromatic carbocycles. The summed E-state index contributed by atoms with van der Waals surface area (Å²) in [6, 6.07) is 17.3. The highest BCUT2D eigenvalue weighted by molar-refractivity contribution is 9.21. The van der Waals surface area contributed by atoms with Crippen LogP contribution in [0.3, 0.4) is 0 Å². The largest absolute Gasteiger partial charge is 0.508 e. The number of rotatable bonds is 8. The van der Waals surface area contributed by atoms with Crippen LogP contribution in [0.1, 0.15) is 5.56 Å². The lowest BCUT2D eigenvalue weighted by Gasteiger charge is -2.35. The quantitative estimate of drug-likeness (QED) is 0.128. The second-order valence-corrected chi connectivity index (χ2v) is 12.2. The maximum atomic E-state index is 10.6. The van der Waals surface area contributed by atoms with Crippen molar-refractivity contribution >= 4 is 77.1 Å². The predicted octanol–water partition coefficient (Wildman–Crippen LogP) is 6.54. The van der Waals surface area contributed by atoms with Gasteiger partial charge in [-0.25, -0.2) is 4.98 Å². The number of pyridine rings is 1. The molecule has 0 unspecified atom stereocenters. The molecule has 0 saturated carbocycles. The molecule has 0 aliphatic carbocycles. The van der Waals surface area contributed by atoms with Gasteiger partial charge in [0.15, 0.2) is 0 Å². The molecule has 1 saturated heterocycles. The van der Waals surface area contributed by atoms with E-state index in [0.717, 1.165) is 83.8 Å². The number of hydrogen-bond donors (Lipinski definition) is 2. The molecule has 0 radical (unpaired) electrons. The fourth-order valence-electron chi connectivity index (χ4n) is 4.72. The summed E-state index contributed by atoms with van der Waals surface area (Å²) < 4.78 is 7.34. The van der Waals surface area contributed by atoms with Crippen LogP contribution < -0.4 is 10.1 Å². The number of methoxy groups -OCH3 is 1.